The second-order valence-corrected chi connectivity index (χ2v) is 6.37. The second kappa shape index (κ2) is 7.47. The fourth-order valence-electron chi connectivity index (χ4n) is 3.04. The molecule has 0 atom stereocenters. The van der Waals surface area contributed by atoms with E-state index in [9.17, 15) is 22.8 Å². The first-order valence-corrected chi connectivity index (χ1v) is 8.80. The van der Waals surface area contributed by atoms with Gasteiger partial charge in [0.15, 0.2) is 11.0 Å². The van der Waals surface area contributed by atoms with E-state index < -0.39 is 23.1 Å². The third kappa shape index (κ3) is 3.67. The number of carbonyl (C=O) groups is 1. The lowest BCUT2D eigenvalue weighted by molar-refractivity contribution is -0.137. The number of carbonyl (C=O) groups excluding carboxylic acids is 1. The molecule has 2 heterocycles. The SMILES string of the molecule is O=C(Nc1cccc2c(=O)cc(-c3ccccc3C(F)(F)F)oc12)c1ccccn1. The number of hydrogen-bond acceptors (Lipinski definition) is 4. The summed E-state index contributed by atoms with van der Waals surface area (Å²) in [5.74, 6) is -0.799. The maximum absolute atomic E-state index is 13.4. The number of anilines is 1. The van der Waals surface area contributed by atoms with E-state index >= 15 is 0 Å². The van der Waals surface area contributed by atoms with Gasteiger partial charge in [0.25, 0.3) is 5.91 Å². The van der Waals surface area contributed by atoms with E-state index in [1.165, 1.54) is 48.7 Å². The predicted molar refractivity (Wildman–Crippen MR) is 105 cm³/mol. The highest BCUT2D eigenvalue weighted by Gasteiger charge is 2.34. The minimum atomic E-state index is -4.63. The summed E-state index contributed by atoms with van der Waals surface area (Å²) in [6.07, 6.45) is -3.18. The predicted octanol–water partition coefficient (Wildman–Crippen LogP) is 5.13. The Morgan fingerprint density at radius 2 is 1.73 bits per heavy atom. The number of para-hydroxylation sites is 1. The molecule has 0 fully saturated rings. The highest BCUT2D eigenvalue weighted by Crippen LogP contribution is 2.37. The van der Waals surface area contributed by atoms with Crippen LogP contribution in [0, 0.1) is 0 Å². The van der Waals surface area contributed by atoms with Crippen LogP contribution >= 0.6 is 0 Å². The molecule has 0 bridgehead atoms. The van der Waals surface area contributed by atoms with Crippen molar-refractivity contribution < 1.29 is 22.4 Å². The fraction of sp³-hybridized carbons (Fsp3) is 0.0455. The van der Waals surface area contributed by atoms with Gasteiger partial charge in [-0.05, 0) is 30.3 Å². The van der Waals surface area contributed by atoms with Crippen molar-refractivity contribution >= 4 is 22.6 Å². The van der Waals surface area contributed by atoms with Crippen molar-refractivity contribution in [3.05, 3.63) is 94.4 Å². The minimum absolute atomic E-state index is 0.0266. The smallest absolute Gasteiger partial charge is 0.417 e. The zero-order valence-corrected chi connectivity index (χ0v) is 15.2. The molecule has 2 aromatic heterocycles. The first-order chi connectivity index (χ1) is 14.3. The van der Waals surface area contributed by atoms with E-state index in [0.29, 0.717) is 0 Å². The number of nitrogens with one attached hydrogen (secondary N) is 1. The third-order valence-corrected chi connectivity index (χ3v) is 4.40. The molecule has 0 radical (unpaired) electrons. The van der Waals surface area contributed by atoms with Crippen LogP contribution in [0.4, 0.5) is 18.9 Å². The van der Waals surface area contributed by atoms with Crippen LogP contribution in [0.5, 0.6) is 0 Å². The van der Waals surface area contributed by atoms with E-state index in [0.717, 1.165) is 12.1 Å². The van der Waals surface area contributed by atoms with Gasteiger partial charge in [-0.15, -0.1) is 0 Å². The van der Waals surface area contributed by atoms with E-state index in [-0.39, 0.29) is 33.7 Å². The Morgan fingerprint density at radius 1 is 0.967 bits per heavy atom. The van der Waals surface area contributed by atoms with Crippen LogP contribution in [0.25, 0.3) is 22.3 Å². The molecule has 2 aromatic carbocycles. The third-order valence-electron chi connectivity index (χ3n) is 4.40. The molecule has 0 aliphatic rings. The summed E-state index contributed by atoms with van der Waals surface area (Å²) in [5.41, 5.74) is -1.47. The molecule has 150 valence electrons. The van der Waals surface area contributed by atoms with Crippen molar-refractivity contribution in [1.82, 2.24) is 4.98 Å². The zero-order valence-electron chi connectivity index (χ0n) is 15.2. The average Bonchev–Trinajstić information content (AvgIpc) is 2.74. The summed E-state index contributed by atoms with van der Waals surface area (Å²) in [4.78, 5) is 29.0. The quantitative estimate of drug-likeness (QED) is 0.509. The number of alkyl halides is 3. The lowest BCUT2D eigenvalue weighted by Gasteiger charge is -2.13. The lowest BCUT2D eigenvalue weighted by Crippen LogP contribution is -2.14. The van der Waals surface area contributed by atoms with E-state index in [1.807, 2.05) is 0 Å². The largest absolute Gasteiger partial charge is 0.454 e. The van der Waals surface area contributed by atoms with Crippen LogP contribution in [0.3, 0.4) is 0 Å². The number of nitrogens with zero attached hydrogens (tertiary/aromatic N) is 1. The molecule has 0 aliphatic heterocycles. The average molecular weight is 410 g/mol. The van der Waals surface area contributed by atoms with Gasteiger partial charge >= 0.3 is 6.18 Å². The van der Waals surface area contributed by atoms with Gasteiger partial charge in [-0.1, -0.05) is 30.3 Å². The minimum Gasteiger partial charge on any atom is -0.454 e. The highest BCUT2D eigenvalue weighted by atomic mass is 19.4. The summed E-state index contributed by atoms with van der Waals surface area (Å²) >= 11 is 0. The molecule has 0 saturated heterocycles. The fourth-order valence-corrected chi connectivity index (χ4v) is 3.04. The maximum atomic E-state index is 13.4. The van der Waals surface area contributed by atoms with Crippen LogP contribution in [-0.4, -0.2) is 10.9 Å². The Bertz CT molecular complexity index is 1300. The molecular weight excluding hydrogens is 397 g/mol. The molecule has 1 amide bonds. The molecule has 5 nitrogen and oxygen atoms in total. The lowest BCUT2D eigenvalue weighted by atomic mass is 10.0. The van der Waals surface area contributed by atoms with Crippen LogP contribution in [-0.2, 0) is 6.18 Å². The summed E-state index contributed by atoms with van der Waals surface area (Å²) in [6, 6.07) is 15.1. The van der Waals surface area contributed by atoms with E-state index in [4.69, 9.17) is 4.42 Å². The van der Waals surface area contributed by atoms with Gasteiger partial charge in [0.05, 0.1) is 16.6 Å². The number of halogens is 3. The van der Waals surface area contributed by atoms with E-state index in [2.05, 4.69) is 10.3 Å². The van der Waals surface area contributed by atoms with Crippen molar-refractivity contribution in [2.24, 2.45) is 0 Å². The summed E-state index contributed by atoms with van der Waals surface area (Å²) in [7, 11) is 0. The Morgan fingerprint density at radius 3 is 2.47 bits per heavy atom. The Labute approximate surface area is 167 Å². The van der Waals surface area contributed by atoms with Gasteiger partial charge in [-0.25, -0.2) is 0 Å². The van der Waals surface area contributed by atoms with Crippen molar-refractivity contribution in [3.63, 3.8) is 0 Å². The van der Waals surface area contributed by atoms with Crippen molar-refractivity contribution in [3.8, 4) is 11.3 Å². The summed E-state index contributed by atoms with van der Waals surface area (Å²) in [6.45, 7) is 0. The van der Waals surface area contributed by atoms with E-state index in [1.54, 1.807) is 12.1 Å². The summed E-state index contributed by atoms with van der Waals surface area (Å²) in [5, 5.41) is 2.72. The Kier molecular flexibility index (Phi) is 4.83. The standard InChI is InChI=1S/C22H13F3N2O3/c23-22(24,25)15-8-2-1-6-13(15)19-12-18(28)14-7-5-10-16(20(14)30-19)27-21(29)17-9-3-4-11-26-17/h1-12H,(H,27,29). The number of rotatable bonds is 3. The zero-order chi connectivity index (χ0) is 21.3. The Balaban J connectivity index is 1.86. The van der Waals surface area contributed by atoms with Crippen molar-refractivity contribution in [1.29, 1.82) is 0 Å². The molecule has 0 unspecified atom stereocenters. The van der Waals surface area contributed by atoms with Crippen LogP contribution in [0.1, 0.15) is 16.1 Å². The van der Waals surface area contributed by atoms with Gasteiger partial charge in [-0.3, -0.25) is 14.6 Å². The number of aromatic nitrogens is 1. The van der Waals surface area contributed by atoms with Crippen molar-refractivity contribution in [2.45, 2.75) is 6.18 Å². The van der Waals surface area contributed by atoms with Crippen LogP contribution < -0.4 is 10.7 Å². The molecule has 8 heteroatoms. The first-order valence-electron chi connectivity index (χ1n) is 8.80. The molecule has 0 saturated carbocycles. The normalized spacial score (nSPS) is 11.4. The molecule has 4 aromatic rings. The molecule has 0 spiro atoms. The van der Waals surface area contributed by atoms with Gasteiger partial charge in [0.1, 0.15) is 11.5 Å². The molecule has 30 heavy (non-hydrogen) atoms. The van der Waals surface area contributed by atoms with Crippen LogP contribution in [0.2, 0.25) is 0 Å². The van der Waals surface area contributed by atoms with Crippen LogP contribution in [0.15, 0.2) is 82.1 Å². The maximum Gasteiger partial charge on any atom is 0.417 e. The molecule has 4 rings (SSSR count). The van der Waals surface area contributed by atoms with Gasteiger partial charge < -0.3 is 9.73 Å². The first kappa shape index (κ1) is 19.4. The molecule has 0 aliphatic carbocycles. The number of amides is 1. The number of hydrogen-bond donors (Lipinski definition) is 1. The number of pyridine rings is 1. The van der Waals surface area contributed by atoms with Gasteiger partial charge in [0, 0.05) is 17.8 Å². The second-order valence-electron chi connectivity index (χ2n) is 6.37. The number of benzene rings is 2. The molecule has 1 N–H and O–H groups in total. The Hall–Kier alpha value is -3.94. The van der Waals surface area contributed by atoms with Gasteiger partial charge in [0.2, 0.25) is 0 Å². The number of fused-ring (bicyclic) bond motifs is 1. The topological polar surface area (TPSA) is 72.2 Å². The molecular formula is C22H13F3N2O3. The van der Waals surface area contributed by atoms with Crippen molar-refractivity contribution in [2.75, 3.05) is 5.32 Å². The monoisotopic (exact) mass is 410 g/mol. The van der Waals surface area contributed by atoms with Gasteiger partial charge in [-0.2, -0.15) is 13.2 Å². The highest BCUT2D eigenvalue weighted by molar-refractivity contribution is 6.07. The summed E-state index contributed by atoms with van der Waals surface area (Å²) < 4.78 is 45.9.